The first kappa shape index (κ1) is 12.1. The Hall–Kier alpha value is -0.370. The zero-order valence-electron chi connectivity index (χ0n) is 7.65. The Balaban J connectivity index is 2.66. The molecule has 0 amide bonds. The van der Waals surface area contributed by atoms with Crippen molar-refractivity contribution in [1.82, 2.24) is 0 Å². The largest absolute Gasteiger partial charge is 0.326 e. The quantitative estimate of drug-likeness (QED) is 0.843. The van der Waals surface area contributed by atoms with E-state index >= 15 is 0 Å². The molecule has 0 aliphatic carbocycles. The molecule has 1 aliphatic rings. The van der Waals surface area contributed by atoms with Crippen LogP contribution in [0.4, 0.5) is 10.1 Å². The summed E-state index contributed by atoms with van der Waals surface area (Å²) in [4.78, 5) is 1.20. The van der Waals surface area contributed by atoms with E-state index in [0.717, 1.165) is 17.7 Å². The molecular weight excluding hydrogens is 298 g/mol. The van der Waals surface area contributed by atoms with Crippen LogP contribution in [0, 0.1) is 0 Å². The molecule has 9 heteroatoms. The second-order valence-corrected chi connectivity index (χ2v) is 6.70. The van der Waals surface area contributed by atoms with E-state index in [1.807, 2.05) is 0 Å². The molecule has 0 N–H and O–H groups in total. The highest BCUT2D eigenvalue weighted by Crippen LogP contribution is 2.47. The van der Waals surface area contributed by atoms with Crippen molar-refractivity contribution < 1.29 is 12.8 Å². The zero-order valence-corrected chi connectivity index (χ0v) is 10.8. The van der Waals surface area contributed by atoms with Gasteiger partial charge >= 0.3 is 0 Å². The highest BCUT2D eigenvalue weighted by Gasteiger charge is 2.32. The highest BCUT2D eigenvalue weighted by atomic mass is 35.5. The van der Waals surface area contributed by atoms with Crippen LogP contribution in [-0.4, -0.2) is 28.0 Å². The van der Waals surface area contributed by atoms with Gasteiger partial charge in [-0.25, -0.2) is 4.39 Å². The van der Waals surface area contributed by atoms with E-state index in [2.05, 4.69) is 4.40 Å². The standard InChI is InChI=1S/C7H5Cl2FN2O2S2/c8-6-4-5(7(9)15-6)16(13,14)11-3-12(4)2-1-10/h3H,1-2H2. The van der Waals surface area contributed by atoms with Gasteiger partial charge in [0.05, 0.1) is 12.2 Å². The van der Waals surface area contributed by atoms with Gasteiger partial charge in [-0.05, 0) is 0 Å². The van der Waals surface area contributed by atoms with E-state index in [9.17, 15) is 12.8 Å². The number of sulfonamides is 1. The number of fused-ring (bicyclic) bond motifs is 1. The Labute approximate surface area is 105 Å². The molecule has 1 aliphatic heterocycles. The van der Waals surface area contributed by atoms with Crippen LogP contribution in [-0.2, 0) is 10.0 Å². The Morgan fingerprint density at radius 3 is 2.75 bits per heavy atom. The average molecular weight is 303 g/mol. The monoisotopic (exact) mass is 302 g/mol. The van der Waals surface area contributed by atoms with Crippen LogP contribution in [0.2, 0.25) is 8.67 Å². The maximum atomic E-state index is 12.3. The molecule has 0 bridgehead atoms. The lowest BCUT2D eigenvalue weighted by Crippen LogP contribution is -2.28. The molecule has 16 heavy (non-hydrogen) atoms. The molecule has 0 unspecified atom stereocenters. The van der Waals surface area contributed by atoms with E-state index in [1.165, 1.54) is 4.90 Å². The Morgan fingerprint density at radius 2 is 2.12 bits per heavy atom. The average Bonchev–Trinajstić information content (AvgIpc) is 2.48. The number of rotatable bonds is 2. The highest BCUT2D eigenvalue weighted by molar-refractivity contribution is 7.90. The summed E-state index contributed by atoms with van der Waals surface area (Å²) in [7, 11) is -3.80. The van der Waals surface area contributed by atoms with Gasteiger partial charge < -0.3 is 4.90 Å². The second kappa shape index (κ2) is 4.14. The van der Waals surface area contributed by atoms with Crippen LogP contribution < -0.4 is 4.90 Å². The minimum Gasteiger partial charge on any atom is -0.326 e. The molecule has 2 heterocycles. The van der Waals surface area contributed by atoms with Gasteiger partial charge in [-0.3, -0.25) is 0 Å². The maximum Gasteiger partial charge on any atom is 0.288 e. The summed E-state index contributed by atoms with van der Waals surface area (Å²) in [6, 6.07) is 0. The minimum absolute atomic E-state index is 0.0151. The van der Waals surface area contributed by atoms with Crippen LogP contribution in [0.25, 0.3) is 0 Å². The van der Waals surface area contributed by atoms with Gasteiger partial charge in [0.15, 0.2) is 0 Å². The van der Waals surface area contributed by atoms with Crippen molar-refractivity contribution in [3.8, 4) is 0 Å². The van der Waals surface area contributed by atoms with Crippen LogP contribution in [0.3, 0.4) is 0 Å². The number of thiophene rings is 1. The van der Waals surface area contributed by atoms with Crippen LogP contribution >= 0.6 is 34.5 Å². The van der Waals surface area contributed by atoms with Crippen molar-refractivity contribution in [2.24, 2.45) is 4.40 Å². The van der Waals surface area contributed by atoms with Gasteiger partial charge in [0.2, 0.25) is 0 Å². The summed E-state index contributed by atoms with van der Waals surface area (Å²) in [5.41, 5.74) is 0.212. The second-order valence-electron chi connectivity index (χ2n) is 2.91. The van der Waals surface area contributed by atoms with Crippen LogP contribution in [0.15, 0.2) is 9.29 Å². The molecule has 0 radical (unpaired) electrons. The number of nitrogens with zero attached hydrogens (tertiary/aromatic N) is 2. The summed E-state index contributed by atoms with van der Waals surface area (Å²) in [5, 5.41) is 0. The molecule has 0 saturated carbocycles. The van der Waals surface area contributed by atoms with Crippen molar-refractivity contribution in [2.75, 3.05) is 18.1 Å². The summed E-state index contributed by atoms with van der Waals surface area (Å²) in [5.74, 6) is 0. The van der Waals surface area contributed by atoms with E-state index < -0.39 is 16.7 Å². The lowest BCUT2D eigenvalue weighted by atomic mass is 10.4. The normalized spacial score (nSPS) is 17.6. The zero-order chi connectivity index (χ0) is 11.9. The van der Waals surface area contributed by atoms with Crippen molar-refractivity contribution in [2.45, 2.75) is 4.90 Å². The molecule has 88 valence electrons. The fraction of sp³-hybridized carbons (Fsp3) is 0.286. The predicted octanol–water partition coefficient (Wildman–Crippen LogP) is 2.56. The van der Waals surface area contributed by atoms with Gasteiger partial charge in [0, 0.05) is 0 Å². The molecule has 0 atom stereocenters. The Morgan fingerprint density at radius 1 is 1.44 bits per heavy atom. The van der Waals surface area contributed by atoms with E-state index in [0.29, 0.717) is 0 Å². The van der Waals surface area contributed by atoms with Crippen LogP contribution in [0.1, 0.15) is 0 Å². The molecule has 0 spiro atoms. The number of alkyl halides is 1. The Bertz CT molecular complexity index is 555. The summed E-state index contributed by atoms with van der Waals surface area (Å²) in [6.07, 6.45) is 1.05. The predicted molar refractivity (Wildman–Crippen MR) is 63.3 cm³/mol. The first-order valence-corrected chi connectivity index (χ1v) is 7.09. The molecular formula is C7H5Cl2FN2O2S2. The number of hydrogen-bond donors (Lipinski definition) is 0. The molecule has 0 saturated heterocycles. The SMILES string of the molecule is O=S1(=O)N=CN(CCF)c2c(Cl)sc(Cl)c21. The van der Waals surface area contributed by atoms with Crippen molar-refractivity contribution in [3.05, 3.63) is 8.67 Å². The van der Waals surface area contributed by atoms with Gasteiger partial charge in [-0.1, -0.05) is 23.2 Å². The summed E-state index contributed by atoms with van der Waals surface area (Å²) >= 11 is 12.6. The lowest BCUT2D eigenvalue weighted by molar-refractivity contribution is 0.503. The molecule has 2 rings (SSSR count). The minimum atomic E-state index is -3.80. The van der Waals surface area contributed by atoms with Crippen molar-refractivity contribution >= 4 is 56.6 Å². The fourth-order valence-corrected chi connectivity index (χ4v) is 4.71. The number of anilines is 1. The molecule has 4 nitrogen and oxygen atoms in total. The molecule has 1 aromatic rings. The molecule has 0 aromatic carbocycles. The molecule has 1 aromatic heterocycles. The van der Waals surface area contributed by atoms with E-state index in [-0.39, 0.29) is 25.8 Å². The van der Waals surface area contributed by atoms with E-state index in [4.69, 9.17) is 23.2 Å². The third-order valence-electron chi connectivity index (χ3n) is 1.95. The molecule has 0 fully saturated rings. The first-order valence-electron chi connectivity index (χ1n) is 4.08. The smallest absolute Gasteiger partial charge is 0.288 e. The summed E-state index contributed by atoms with van der Waals surface area (Å²) in [6.45, 7) is -0.659. The summed E-state index contributed by atoms with van der Waals surface area (Å²) < 4.78 is 39.1. The number of halogens is 3. The Kier molecular flexibility index (Phi) is 3.13. The van der Waals surface area contributed by atoms with Gasteiger partial charge in [0.1, 0.15) is 26.6 Å². The van der Waals surface area contributed by atoms with Crippen LogP contribution in [0.5, 0.6) is 0 Å². The number of hydrogen-bond acceptors (Lipinski definition) is 4. The van der Waals surface area contributed by atoms with Crippen molar-refractivity contribution in [1.29, 1.82) is 0 Å². The van der Waals surface area contributed by atoms with Gasteiger partial charge in [-0.2, -0.15) is 8.42 Å². The lowest BCUT2D eigenvalue weighted by Gasteiger charge is -2.21. The van der Waals surface area contributed by atoms with Crippen molar-refractivity contribution in [3.63, 3.8) is 0 Å². The van der Waals surface area contributed by atoms with Gasteiger partial charge in [0.25, 0.3) is 10.0 Å². The topological polar surface area (TPSA) is 49.7 Å². The van der Waals surface area contributed by atoms with E-state index in [1.54, 1.807) is 0 Å². The maximum absolute atomic E-state index is 12.3. The third kappa shape index (κ3) is 1.81. The van der Waals surface area contributed by atoms with Gasteiger partial charge in [-0.15, -0.1) is 15.7 Å². The third-order valence-corrected chi connectivity index (χ3v) is 5.07. The fourth-order valence-electron chi connectivity index (χ4n) is 1.31. The first-order chi connectivity index (χ1) is 7.47.